The van der Waals surface area contributed by atoms with Gasteiger partial charge in [-0.1, -0.05) is 18.2 Å². The van der Waals surface area contributed by atoms with E-state index in [9.17, 15) is 18.3 Å². The molecule has 0 aromatic heterocycles. The van der Waals surface area contributed by atoms with Gasteiger partial charge in [-0.3, -0.25) is 0 Å². The van der Waals surface area contributed by atoms with Crippen molar-refractivity contribution >= 4 is 0 Å². The van der Waals surface area contributed by atoms with E-state index in [1.165, 1.54) is 24.3 Å². The smallest absolute Gasteiger partial charge is 0.159 e. The van der Waals surface area contributed by atoms with Crippen molar-refractivity contribution in [2.75, 3.05) is 0 Å². The topological polar surface area (TPSA) is 20.2 Å². The highest BCUT2D eigenvalue weighted by Gasteiger charge is 2.11. The van der Waals surface area contributed by atoms with Gasteiger partial charge in [0.2, 0.25) is 0 Å². The predicted octanol–water partition coefficient (Wildman–Crippen LogP) is 3.38. The number of aliphatic hydroxyl groups is 1. The van der Waals surface area contributed by atoms with E-state index in [4.69, 9.17) is 0 Å². The van der Waals surface area contributed by atoms with Crippen molar-refractivity contribution in [3.63, 3.8) is 0 Å². The third kappa shape index (κ3) is 2.90. The summed E-state index contributed by atoms with van der Waals surface area (Å²) in [6.45, 7) is 0. The van der Waals surface area contributed by atoms with Crippen molar-refractivity contribution in [2.24, 2.45) is 0 Å². The van der Waals surface area contributed by atoms with Gasteiger partial charge in [-0.15, -0.1) is 0 Å². The molecule has 0 aliphatic rings. The van der Waals surface area contributed by atoms with Crippen LogP contribution in [0.25, 0.3) is 0 Å². The van der Waals surface area contributed by atoms with Crippen LogP contribution in [0.5, 0.6) is 0 Å². The molecule has 0 heterocycles. The van der Waals surface area contributed by atoms with Crippen LogP contribution in [0, 0.1) is 17.5 Å². The van der Waals surface area contributed by atoms with E-state index in [0.29, 0.717) is 11.1 Å². The average Bonchev–Trinajstić information content (AvgIpc) is 2.34. The van der Waals surface area contributed by atoms with Gasteiger partial charge >= 0.3 is 0 Å². The first kappa shape index (κ1) is 12.6. The fourth-order valence-corrected chi connectivity index (χ4v) is 1.72. The number of benzene rings is 2. The van der Waals surface area contributed by atoms with Gasteiger partial charge < -0.3 is 5.11 Å². The molecule has 0 amide bonds. The Balaban J connectivity index is 2.16. The second-order valence-electron chi connectivity index (χ2n) is 4.02. The summed E-state index contributed by atoms with van der Waals surface area (Å²) in [7, 11) is 0. The lowest BCUT2D eigenvalue weighted by Crippen LogP contribution is -2.03. The zero-order valence-corrected chi connectivity index (χ0v) is 9.41. The zero-order chi connectivity index (χ0) is 13.1. The normalized spacial score (nSPS) is 12.4. The van der Waals surface area contributed by atoms with Crippen molar-refractivity contribution in [2.45, 2.75) is 12.5 Å². The van der Waals surface area contributed by atoms with Crippen LogP contribution in [-0.4, -0.2) is 5.11 Å². The molecule has 1 N–H and O–H groups in total. The molecule has 94 valence electrons. The lowest BCUT2D eigenvalue weighted by Gasteiger charge is -2.11. The molecule has 0 aliphatic heterocycles. The summed E-state index contributed by atoms with van der Waals surface area (Å²) in [5.74, 6) is -2.34. The summed E-state index contributed by atoms with van der Waals surface area (Å²) in [6, 6.07) is 8.97. The highest BCUT2D eigenvalue weighted by molar-refractivity contribution is 5.23. The molecule has 0 bridgehead atoms. The van der Waals surface area contributed by atoms with E-state index < -0.39 is 23.6 Å². The molecule has 2 aromatic rings. The van der Waals surface area contributed by atoms with Crippen LogP contribution in [0.2, 0.25) is 0 Å². The summed E-state index contributed by atoms with van der Waals surface area (Å²) < 4.78 is 38.7. The molecule has 1 nitrogen and oxygen atoms in total. The van der Waals surface area contributed by atoms with E-state index in [1.54, 1.807) is 6.07 Å². The van der Waals surface area contributed by atoms with Crippen molar-refractivity contribution in [3.8, 4) is 0 Å². The molecule has 0 fully saturated rings. The van der Waals surface area contributed by atoms with E-state index in [2.05, 4.69) is 0 Å². The molecular formula is C14H11F3O. The maximum atomic E-state index is 13.0. The molecule has 2 rings (SSSR count). The Hall–Kier alpha value is -1.81. The van der Waals surface area contributed by atoms with Gasteiger partial charge in [0, 0.05) is 6.42 Å². The Morgan fingerprint density at radius 1 is 0.944 bits per heavy atom. The van der Waals surface area contributed by atoms with Crippen LogP contribution in [0.1, 0.15) is 17.2 Å². The van der Waals surface area contributed by atoms with Crippen LogP contribution in [0.15, 0.2) is 42.5 Å². The third-order valence-electron chi connectivity index (χ3n) is 2.65. The highest BCUT2D eigenvalue weighted by Crippen LogP contribution is 2.20. The minimum Gasteiger partial charge on any atom is -0.388 e. The van der Waals surface area contributed by atoms with Gasteiger partial charge in [0.05, 0.1) is 6.10 Å². The van der Waals surface area contributed by atoms with Crippen LogP contribution in [-0.2, 0) is 6.42 Å². The molecule has 1 atom stereocenters. The molecular weight excluding hydrogens is 241 g/mol. The minimum absolute atomic E-state index is 0.0979. The average molecular weight is 252 g/mol. The predicted molar refractivity (Wildman–Crippen MR) is 61.4 cm³/mol. The van der Waals surface area contributed by atoms with Gasteiger partial charge in [-0.25, -0.2) is 13.2 Å². The fraction of sp³-hybridized carbons (Fsp3) is 0.143. The Kier molecular flexibility index (Phi) is 3.67. The van der Waals surface area contributed by atoms with Crippen LogP contribution in [0.4, 0.5) is 13.2 Å². The van der Waals surface area contributed by atoms with E-state index in [0.717, 1.165) is 12.1 Å². The van der Waals surface area contributed by atoms with Gasteiger partial charge in [0.25, 0.3) is 0 Å². The van der Waals surface area contributed by atoms with Crippen LogP contribution in [0.3, 0.4) is 0 Å². The van der Waals surface area contributed by atoms with Crippen molar-refractivity contribution < 1.29 is 18.3 Å². The van der Waals surface area contributed by atoms with Gasteiger partial charge in [0.1, 0.15) is 5.82 Å². The maximum Gasteiger partial charge on any atom is 0.159 e. The molecule has 0 radical (unpaired) electrons. The van der Waals surface area contributed by atoms with Crippen molar-refractivity contribution in [3.05, 3.63) is 71.0 Å². The standard InChI is InChI=1S/C14H11F3O/c15-11-3-1-2-10(8-11)14(18)7-9-4-5-12(16)13(17)6-9/h1-6,8,14,18H,7H2. The molecule has 1 unspecified atom stereocenters. The van der Waals surface area contributed by atoms with E-state index in [1.807, 2.05) is 0 Å². The summed E-state index contributed by atoms with van der Waals surface area (Å²) >= 11 is 0. The number of aliphatic hydroxyl groups excluding tert-OH is 1. The molecule has 2 aromatic carbocycles. The number of hydrogen-bond donors (Lipinski definition) is 1. The minimum atomic E-state index is -0.959. The van der Waals surface area contributed by atoms with Gasteiger partial charge in [0.15, 0.2) is 11.6 Å². The van der Waals surface area contributed by atoms with Crippen LogP contribution >= 0.6 is 0 Å². The molecule has 0 saturated heterocycles. The molecule has 0 aliphatic carbocycles. The summed E-state index contributed by atoms with van der Waals surface area (Å²) in [6.07, 6.45) is -0.855. The van der Waals surface area contributed by atoms with Crippen molar-refractivity contribution in [1.82, 2.24) is 0 Å². The zero-order valence-electron chi connectivity index (χ0n) is 9.41. The first-order valence-corrected chi connectivity index (χ1v) is 5.44. The Labute approximate surface area is 103 Å². The molecule has 18 heavy (non-hydrogen) atoms. The maximum absolute atomic E-state index is 13.0. The quantitative estimate of drug-likeness (QED) is 0.887. The van der Waals surface area contributed by atoms with Gasteiger partial charge in [-0.2, -0.15) is 0 Å². The lowest BCUT2D eigenvalue weighted by atomic mass is 10.0. The Morgan fingerprint density at radius 3 is 2.39 bits per heavy atom. The first-order valence-electron chi connectivity index (χ1n) is 5.44. The first-order chi connectivity index (χ1) is 8.56. The lowest BCUT2D eigenvalue weighted by molar-refractivity contribution is 0.178. The molecule has 0 spiro atoms. The van der Waals surface area contributed by atoms with E-state index >= 15 is 0 Å². The molecule has 4 heteroatoms. The largest absolute Gasteiger partial charge is 0.388 e. The number of rotatable bonds is 3. The monoisotopic (exact) mass is 252 g/mol. The SMILES string of the molecule is OC(Cc1ccc(F)c(F)c1)c1cccc(F)c1. The summed E-state index contributed by atoms with van der Waals surface area (Å²) in [4.78, 5) is 0. The molecule has 0 saturated carbocycles. The van der Waals surface area contributed by atoms with Crippen LogP contribution < -0.4 is 0 Å². The second kappa shape index (κ2) is 5.23. The summed E-state index contributed by atoms with van der Waals surface area (Å²) in [5.41, 5.74) is 0.852. The number of hydrogen-bond acceptors (Lipinski definition) is 1. The second-order valence-corrected chi connectivity index (χ2v) is 4.02. The fourth-order valence-electron chi connectivity index (χ4n) is 1.72. The Bertz CT molecular complexity index is 554. The van der Waals surface area contributed by atoms with E-state index in [-0.39, 0.29) is 6.42 Å². The highest BCUT2D eigenvalue weighted by atomic mass is 19.2. The number of halogens is 3. The third-order valence-corrected chi connectivity index (χ3v) is 2.65. The summed E-state index contributed by atoms with van der Waals surface area (Å²) in [5, 5.41) is 9.88. The van der Waals surface area contributed by atoms with Crippen molar-refractivity contribution in [1.29, 1.82) is 0 Å². The van der Waals surface area contributed by atoms with Gasteiger partial charge in [-0.05, 0) is 35.4 Å². The Morgan fingerprint density at radius 2 is 1.72 bits per heavy atom.